The van der Waals surface area contributed by atoms with Crippen LogP contribution < -0.4 is 16.0 Å². The molecule has 1 aliphatic rings. The summed E-state index contributed by atoms with van der Waals surface area (Å²) in [5, 5.41) is 23.2. The molecule has 0 spiro atoms. The Morgan fingerprint density at radius 1 is 1.26 bits per heavy atom. The first-order valence-electron chi connectivity index (χ1n) is 9.88. The van der Waals surface area contributed by atoms with Gasteiger partial charge in [-0.15, -0.1) is 0 Å². The van der Waals surface area contributed by atoms with Gasteiger partial charge in [0.15, 0.2) is 5.82 Å². The van der Waals surface area contributed by atoms with E-state index in [1.807, 2.05) is 18.2 Å². The number of pyridine rings is 1. The van der Waals surface area contributed by atoms with Gasteiger partial charge in [-0.3, -0.25) is 5.41 Å². The highest BCUT2D eigenvalue weighted by Gasteiger charge is 2.33. The van der Waals surface area contributed by atoms with Gasteiger partial charge in [-0.25, -0.2) is 4.98 Å². The maximum absolute atomic E-state index is 8.75. The second-order valence-electron chi connectivity index (χ2n) is 7.39. The van der Waals surface area contributed by atoms with Crippen LogP contribution in [0.2, 0.25) is 0 Å². The number of nitrogens with one attached hydrogen (secondary N) is 3. The van der Waals surface area contributed by atoms with Gasteiger partial charge < -0.3 is 25.9 Å². The number of aromatic nitrogens is 3. The van der Waals surface area contributed by atoms with E-state index in [0.717, 1.165) is 30.0 Å². The number of nitrogens with zero attached hydrogens (tertiary/aromatic N) is 4. The predicted octanol–water partition coefficient (Wildman–Crippen LogP) is 2.59. The second kappa shape index (κ2) is 8.39. The van der Waals surface area contributed by atoms with Crippen molar-refractivity contribution in [2.45, 2.75) is 12.8 Å². The van der Waals surface area contributed by atoms with Gasteiger partial charge in [-0.05, 0) is 36.8 Å². The number of nitrogens with two attached hydrogens (primary N) is 1. The predicted molar refractivity (Wildman–Crippen MR) is 121 cm³/mol. The number of hydrogen-bond acceptors (Lipinski definition) is 9. The number of aryl methyl sites for hydroxylation is 1. The van der Waals surface area contributed by atoms with Gasteiger partial charge in [-0.2, -0.15) is 4.98 Å². The van der Waals surface area contributed by atoms with Crippen molar-refractivity contribution < 1.29 is 4.52 Å². The van der Waals surface area contributed by atoms with Crippen LogP contribution in [0.15, 0.2) is 47.3 Å². The molecule has 31 heavy (non-hydrogen) atoms. The molecule has 0 saturated carbocycles. The standard InChI is InChI=1S/C22H24N8O/c1-13-28-22(31-29-13)17-11-30(12-17)20-8-15(5-6-27-20)21(25)18-7-14(3-4-19(18)24)16(9-23)10-26-2/h3-10,17,23,25-26H,11-12,24H2,1-2H3/b16-10+,23-9?,25-21?. The second-order valence-corrected chi connectivity index (χ2v) is 7.39. The molecule has 0 amide bonds. The fourth-order valence-corrected chi connectivity index (χ4v) is 3.52. The average molecular weight is 416 g/mol. The normalized spacial score (nSPS) is 14.3. The molecule has 0 radical (unpaired) electrons. The van der Waals surface area contributed by atoms with Crippen LogP contribution >= 0.6 is 0 Å². The number of rotatable bonds is 7. The summed E-state index contributed by atoms with van der Waals surface area (Å²) in [5.41, 5.74) is 9.85. The van der Waals surface area contributed by atoms with Crippen molar-refractivity contribution in [1.29, 1.82) is 10.8 Å². The van der Waals surface area contributed by atoms with Crippen LogP contribution in [0.5, 0.6) is 0 Å². The van der Waals surface area contributed by atoms with Gasteiger partial charge in [0.05, 0.1) is 11.6 Å². The number of benzene rings is 1. The summed E-state index contributed by atoms with van der Waals surface area (Å²) in [5.74, 6) is 2.27. The molecule has 158 valence electrons. The topological polar surface area (TPSA) is 141 Å². The summed E-state index contributed by atoms with van der Waals surface area (Å²) < 4.78 is 5.26. The Bertz CT molecular complexity index is 1160. The highest BCUT2D eigenvalue weighted by molar-refractivity contribution is 6.15. The van der Waals surface area contributed by atoms with E-state index >= 15 is 0 Å². The van der Waals surface area contributed by atoms with Crippen LogP contribution in [0.4, 0.5) is 11.5 Å². The first kappa shape index (κ1) is 20.3. The lowest BCUT2D eigenvalue weighted by Gasteiger charge is -2.38. The molecule has 0 aliphatic carbocycles. The molecule has 0 atom stereocenters. The highest BCUT2D eigenvalue weighted by atomic mass is 16.5. The Morgan fingerprint density at radius 2 is 2.06 bits per heavy atom. The zero-order chi connectivity index (χ0) is 22.0. The van der Waals surface area contributed by atoms with Gasteiger partial charge in [0.25, 0.3) is 0 Å². The lowest BCUT2D eigenvalue weighted by atomic mass is 9.96. The minimum Gasteiger partial charge on any atom is -0.398 e. The van der Waals surface area contributed by atoms with Gasteiger partial charge in [-0.1, -0.05) is 11.2 Å². The number of allylic oxidation sites excluding steroid dienone is 1. The smallest absolute Gasteiger partial charge is 0.233 e. The molecule has 4 rings (SSSR count). The summed E-state index contributed by atoms with van der Waals surface area (Å²) in [6.45, 7) is 3.28. The fraction of sp³-hybridized carbons (Fsp3) is 0.227. The SMILES string of the molecule is CN/C=C(\C=N)c1ccc(N)c(C(=N)c2ccnc(N3CC(c4nc(C)no4)C3)c2)c1. The van der Waals surface area contributed by atoms with Crippen LogP contribution in [-0.4, -0.2) is 47.2 Å². The van der Waals surface area contributed by atoms with Crippen LogP contribution in [0.1, 0.15) is 34.3 Å². The Balaban J connectivity index is 1.55. The summed E-state index contributed by atoms with van der Waals surface area (Å²) in [7, 11) is 1.78. The van der Waals surface area contributed by atoms with E-state index < -0.39 is 0 Å². The Kier molecular flexibility index (Phi) is 5.48. The third kappa shape index (κ3) is 4.02. The zero-order valence-electron chi connectivity index (χ0n) is 17.4. The van der Waals surface area contributed by atoms with E-state index in [1.54, 1.807) is 38.5 Å². The van der Waals surface area contributed by atoms with Crippen LogP contribution in [0.25, 0.3) is 5.57 Å². The summed E-state index contributed by atoms with van der Waals surface area (Å²) >= 11 is 0. The largest absolute Gasteiger partial charge is 0.398 e. The summed E-state index contributed by atoms with van der Waals surface area (Å²) in [6.07, 6.45) is 4.71. The number of anilines is 2. The molecule has 1 saturated heterocycles. The third-order valence-corrected chi connectivity index (χ3v) is 5.24. The van der Waals surface area contributed by atoms with Crippen LogP contribution in [0.3, 0.4) is 0 Å². The molecule has 1 fully saturated rings. The lowest BCUT2D eigenvalue weighted by molar-refractivity contribution is 0.326. The molecule has 1 aromatic carbocycles. The van der Waals surface area contributed by atoms with Crippen molar-refractivity contribution in [3.05, 3.63) is 71.1 Å². The maximum atomic E-state index is 8.75. The van der Waals surface area contributed by atoms with Crippen LogP contribution in [0, 0.1) is 17.7 Å². The van der Waals surface area contributed by atoms with Crippen molar-refractivity contribution in [3.63, 3.8) is 0 Å². The van der Waals surface area contributed by atoms with E-state index in [1.165, 1.54) is 6.21 Å². The van der Waals surface area contributed by atoms with Crippen molar-refractivity contribution >= 4 is 29.0 Å². The third-order valence-electron chi connectivity index (χ3n) is 5.24. The molecule has 2 aromatic heterocycles. The molecule has 3 heterocycles. The molecule has 0 unspecified atom stereocenters. The molecule has 9 heteroatoms. The zero-order valence-corrected chi connectivity index (χ0v) is 17.4. The van der Waals surface area contributed by atoms with Crippen molar-refractivity contribution in [3.8, 4) is 0 Å². The van der Waals surface area contributed by atoms with Crippen molar-refractivity contribution in [2.24, 2.45) is 0 Å². The van der Waals surface area contributed by atoms with E-state index in [0.29, 0.717) is 34.3 Å². The fourth-order valence-electron chi connectivity index (χ4n) is 3.52. The molecular formula is C22H24N8O. The maximum Gasteiger partial charge on any atom is 0.233 e. The first-order valence-corrected chi connectivity index (χ1v) is 9.88. The van der Waals surface area contributed by atoms with Crippen LogP contribution in [-0.2, 0) is 0 Å². The quantitative estimate of drug-likeness (QED) is 0.343. The number of nitrogen functional groups attached to an aromatic ring is 1. The molecule has 5 N–H and O–H groups in total. The van der Waals surface area contributed by atoms with E-state index in [4.69, 9.17) is 21.1 Å². The summed E-state index contributed by atoms with van der Waals surface area (Å²) in [6, 6.07) is 9.14. The van der Waals surface area contributed by atoms with E-state index in [-0.39, 0.29) is 5.92 Å². The van der Waals surface area contributed by atoms with Gasteiger partial charge >= 0.3 is 0 Å². The van der Waals surface area contributed by atoms with E-state index in [9.17, 15) is 0 Å². The van der Waals surface area contributed by atoms with Gasteiger partial charge in [0.2, 0.25) is 5.89 Å². The van der Waals surface area contributed by atoms with Crippen molar-refractivity contribution in [1.82, 2.24) is 20.4 Å². The highest BCUT2D eigenvalue weighted by Crippen LogP contribution is 2.30. The first-order chi connectivity index (χ1) is 15.0. The van der Waals surface area contributed by atoms with E-state index in [2.05, 4.69) is 25.3 Å². The van der Waals surface area contributed by atoms with Gasteiger partial charge in [0.1, 0.15) is 5.82 Å². The molecular weight excluding hydrogens is 392 g/mol. The Hall–Kier alpha value is -4.01. The average Bonchev–Trinajstić information content (AvgIpc) is 3.17. The molecule has 1 aliphatic heterocycles. The lowest BCUT2D eigenvalue weighted by Crippen LogP contribution is -2.45. The molecule has 3 aromatic rings. The molecule has 0 bridgehead atoms. The van der Waals surface area contributed by atoms with Gasteiger partial charge in [0, 0.05) is 61.1 Å². The minimum atomic E-state index is 0.192. The number of hydrogen-bond donors (Lipinski definition) is 4. The summed E-state index contributed by atoms with van der Waals surface area (Å²) in [4.78, 5) is 10.9. The monoisotopic (exact) mass is 416 g/mol. The molecule has 9 nitrogen and oxygen atoms in total. The Labute approximate surface area is 180 Å². The Morgan fingerprint density at radius 3 is 2.74 bits per heavy atom. The van der Waals surface area contributed by atoms with Crippen molar-refractivity contribution in [2.75, 3.05) is 30.8 Å². The minimum absolute atomic E-state index is 0.192.